The number of nitrogens with one attached hydrogen (secondary N) is 1. The van der Waals surface area contributed by atoms with Gasteiger partial charge in [0.15, 0.2) is 17.2 Å². The third-order valence-corrected chi connectivity index (χ3v) is 3.77. The van der Waals surface area contributed by atoms with Gasteiger partial charge in [-0.15, -0.1) is 15.3 Å². The molecule has 27 heavy (non-hydrogen) atoms. The second kappa shape index (κ2) is 7.24. The molecule has 0 aliphatic rings. The first kappa shape index (κ1) is 16.7. The van der Waals surface area contributed by atoms with Gasteiger partial charge in [-0.2, -0.15) is 4.52 Å². The summed E-state index contributed by atoms with van der Waals surface area (Å²) in [6.45, 7) is 2.28. The number of rotatable bonds is 6. The number of nitrogens with zero attached hydrogens (tertiary/aromatic N) is 5. The highest BCUT2D eigenvalue weighted by Crippen LogP contribution is 2.18. The van der Waals surface area contributed by atoms with E-state index in [4.69, 9.17) is 9.26 Å². The Kier molecular flexibility index (Phi) is 4.48. The van der Waals surface area contributed by atoms with Crippen molar-refractivity contribution in [3.8, 4) is 17.3 Å². The molecule has 4 aromatic rings. The first-order valence-corrected chi connectivity index (χ1v) is 8.33. The van der Waals surface area contributed by atoms with Gasteiger partial charge in [0, 0.05) is 17.7 Å². The largest absolute Gasteiger partial charge is 0.475 e. The van der Waals surface area contributed by atoms with Crippen molar-refractivity contribution in [1.29, 1.82) is 0 Å². The molecule has 9 heteroatoms. The highest BCUT2D eigenvalue weighted by Gasteiger charge is 2.11. The quantitative estimate of drug-likeness (QED) is 0.521. The molecule has 0 atom stereocenters. The van der Waals surface area contributed by atoms with E-state index in [-0.39, 0.29) is 18.2 Å². The first-order valence-electron chi connectivity index (χ1n) is 8.33. The van der Waals surface area contributed by atoms with Crippen molar-refractivity contribution in [2.24, 2.45) is 0 Å². The zero-order valence-electron chi connectivity index (χ0n) is 14.5. The van der Waals surface area contributed by atoms with Crippen molar-refractivity contribution in [2.45, 2.75) is 6.92 Å². The van der Waals surface area contributed by atoms with Crippen LogP contribution in [0.4, 0.5) is 0 Å². The lowest BCUT2D eigenvalue weighted by Crippen LogP contribution is -2.28. The smallest absolute Gasteiger partial charge is 0.273 e. The zero-order chi connectivity index (χ0) is 18.6. The number of aryl methyl sites for hydroxylation is 1. The van der Waals surface area contributed by atoms with Gasteiger partial charge in [0.25, 0.3) is 5.91 Å². The van der Waals surface area contributed by atoms with Crippen LogP contribution in [0.5, 0.6) is 5.88 Å². The Morgan fingerprint density at radius 1 is 1.19 bits per heavy atom. The molecule has 0 bridgehead atoms. The fraction of sp³-hybridized carbons (Fsp3) is 0.167. The van der Waals surface area contributed by atoms with Crippen molar-refractivity contribution < 1.29 is 14.1 Å². The van der Waals surface area contributed by atoms with Crippen LogP contribution in [0.1, 0.15) is 16.2 Å². The second-order valence-electron chi connectivity index (χ2n) is 5.76. The summed E-state index contributed by atoms with van der Waals surface area (Å²) in [5.74, 6) is 1.30. The van der Waals surface area contributed by atoms with Crippen molar-refractivity contribution in [3.63, 3.8) is 0 Å². The van der Waals surface area contributed by atoms with Crippen molar-refractivity contribution in [2.75, 3.05) is 13.2 Å². The minimum atomic E-state index is -0.316. The predicted octanol–water partition coefficient (Wildman–Crippen LogP) is 1.90. The molecular weight excluding hydrogens is 348 g/mol. The zero-order valence-corrected chi connectivity index (χ0v) is 14.5. The summed E-state index contributed by atoms with van der Waals surface area (Å²) < 4.78 is 12.1. The highest BCUT2D eigenvalue weighted by molar-refractivity contribution is 5.92. The molecule has 1 aromatic carbocycles. The van der Waals surface area contributed by atoms with E-state index in [0.29, 0.717) is 29.7 Å². The Hall–Kier alpha value is -3.75. The fourth-order valence-corrected chi connectivity index (χ4v) is 2.50. The van der Waals surface area contributed by atoms with Crippen LogP contribution in [-0.2, 0) is 0 Å². The van der Waals surface area contributed by atoms with E-state index in [2.05, 4.69) is 25.8 Å². The minimum absolute atomic E-state index is 0.240. The lowest BCUT2D eigenvalue weighted by molar-refractivity contribution is 0.0937. The van der Waals surface area contributed by atoms with Gasteiger partial charge in [0.05, 0.1) is 6.54 Å². The molecule has 0 aliphatic heterocycles. The summed E-state index contributed by atoms with van der Waals surface area (Å²) in [4.78, 5) is 11.9. The summed E-state index contributed by atoms with van der Waals surface area (Å²) in [6, 6.07) is 14.7. The molecule has 1 N–H and O–H groups in total. The van der Waals surface area contributed by atoms with E-state index >= 15 is 0 Å². The summed E-state index contributed by atoms with van der Waals surface area (Å²) >= 11 is 0. The van der Waals surface area contributed by atoms with Gasteiger partial charge in [0.1, 0.15) is 12.4 Å². The van der Waals surface area contributed by atoms with Gasteiger partial charge >= 0.3 is 0 Å². The Balaban J connectivity index is 1.40. The lowest BCUT2D eigenvalue weighted by Gasteiger charge is -2.06. The summed E-state index contributed by atoms with van der Waals surface area (Å²) in [5.41, 5.74) is 1.77. The lowest BCUT2D eigenvalue weighted by atomic mass is 10.2. The molecule has 4 rings (SSSR count). The van der Waals surface area contributed by atoms with Crippen LogP contribution >= 0.6 is 0 Å². The molecule has 3 aromatic heterocycles. The normalized spacial score (nSPS) is 10.9. The standard InChI is InChI=1S/C18H16N6O3/c1-12-11-14(23-27-12)18(25)19-9-10-26-16-8-7-15-20-21-17(24(15)22-16)13-5-3-2-4-6-13/h2-8,11H,9-10H2,1H3,(H,19,25). The number of carbonyl (C=O) groups is 1. The molecule has 0 aliphatic carbocycles. The van der Waals surface area contributed by atoms with Crippen LogP contribution < -0.4 is 10.1 Å². The number of benzene rings is 1. The predicted molar refractivity (Wildman–Crippen MR) is 95.3 cm³/mol. The maximum Gasteiger partial charge on any atom is 0.273 e. The molecular formula is C18H16N6O3. The van der Waals surface area contributed by atoms with E-state index in [1.165, 1.54) is 0 Å². The third-order valence-electron chi connectivity index (χ3n) is 3.77. The van der Waals surface area contributed by atoms with Crippen LogP contribution in [0.2, 0.25) is 0 Å². The van der Waals surface area contributed by atoms with Gasteiger partial charge < -0.3 is 14.6 Å². The topological polar surface area (TPSA) is 107 Å². The van der Waals surface area contributed by atoms with Gasteiger partial charge in [0.2, 0.25) is 5.88 Å². The van der Waals surface area contributed by atoms with Crippen molar-refractivity contribution in [1.82, 2.24) is 30.3 Å². The first-order chi connectivity index (χ1) is 13.2. The molecule has 0 radical (unpaired) electrons. The van der Waals surface area contributed by atoms with Gasteiger partial charge in [-0.05, 0) is 13.0 Å². The number of carbonyl (C=O) groups excluding carboxylic acids is 1. The van der Waals surface area contributed by atoms with Crippen LogP contribution in [0.3, 0.4) is 0 Å². The van der Waals surface area contributed by atoms with Gasteiger partial charge in [-0.3, -0.25) is 4.79 Å². The Morgan fingerprint density at radius 3 is 2.81 bits per heavy atom. The minimum Gasteiger partial charge on any atom is -0.475 e. The van der Waals surface area contributed by atoms with Crippen LogP contribution in [-0.4, -0.2) is 44.0 Å². The third kappa shape index (κ3) is 3.61. The van der Waals surface area contributed by atoms with Crippen LogP contribution in [0.25, 0.3) is 17.0 Å². The van der Waals surface area contributed by atoms with E-state index in [1.807, 2.05) is 30.3 Å². The molecule has 0 fully saturated rings. The van der Waals surface area contributed by atoms with E-state index in [9.17, 15) is 4.79 Å². The Labute approximate surface area is 154 Å². The van der Waals surface area contributed by atoms with E-state index in [1.54, 1.807) is 29.6 Å². The number of hydrogen-bond acceptors (Lipinski definition) is 7. The molecule has 0 unspecified atom stereocenters. The SMILES string of the molecule is Cc1cc(C(=O)NCCOc2ccc3nnc(-c4ccccc4)n3n2)no1. The second-order valence-corrected chi connectivity index (χ2v) is 5.76. The number of ether oxygens (including phenoxy) is 1. The molecule has 1 amide bonds. The summed E-state index contributed by atoms with van der Waals surface area (Å²) in [6.07, 6.45) is 0. The maximum atomic E-state index is 11.9. The molecule has 136 valence electrons. The fourth-order valence-electron chi connectivity index (χ4n) is 2.50. The van der Waals surface area contributed by atoms with Crippen molar-refractivity contribution >= 4 is 11.6 Å². The van der Waals surface area contributed by atoms with Crippen LogP contribution in [0.15, 0.2) is 53.1 Å². The van der Waals surface area contributed by atoms with E-state index < -0.39 is 0 Å². The maximum absolute atomic E-state index is 11.9. The Morgan fingerprint density at radius 2 is 2.04 bits per heavy atom. The Bertz CT molecular complexity index is 1070. The van der Waals surface area contributed by atoms with Crippen LogP contribution in [0, 0.1) is 6.92 Å². The van der Waals surface area contributed by atoms with Gasteiger partial charge in [-0.25, -0.2) is 0 Å². The van der Waals surface area contributed by atoms with Gasteiger partial charge in [-0.1, -0.05) is 35.5 Å². The molecule has 0 saturated carbocycles. The number of fused-ring (bicyclic) bond motifs is 1. The highest BCUT2D eigenvalue weighted by atomic mass is 16.5. The van der Waals surface area contributed by atoms with E-state index in [0.717, 1.165) is 5.56 Å². The molecule has 9 nitrogen and oxygen atoms in total. The monoisotopic (exact) mass is 364 g/mol. The summed E-state index contributed by atoms with van der Waals surface area (Å²) in [7, 11) is 0. The molecule has 3 heterocycles. The average Bonchev–Trinajstić information content (AvgIpc) is 3.32. The molecule has 0 saturated heterocycles. The number of amides is 1. The molecule has 0 spiro atoms. The number of aromatic nitrogens is 5. The average molecular weight is 364 g/mol. The number of hydrogen-bond donors (Lipinski definition) is 1. The van der Waals surface area contributed by atoms with Crippen molar-refractivity contribution in [3.05, 3.63) is 60.0 Å². The summed E-state index contributed by atoms with van der Waals surface area (Å²) in [5, 5.41) is 19.1.